The van der Waals surface area contributed by atoms with Crippen LogP contribution in [0.25, 0.3) is 0 Å². The van der Waals surface area contributed by atoms with E-state index >= 15 is 0 Å². The molecule has 0 N–H and O–H groups in total. The number of hydrogen-bond acceptors (Lipinski definition) is 6. The summed E-state index contributed by atoms with van der Waals surface area (Å²) in [4.78, 5) is 4.88. The van der Waals surface area contributed by atoms with Crippen LogP contribution in [-0.4, -0.2) is 69.8 Å². The number of nitrogens with zero attached hydrogens (tertiary/aromatic N) is 6. The monoisotopic (exact) mass is 424 g/mol. The third kappa shape index (κ3) is 5.08. The molecule has 31 heavy (non-hydrogen) atoms. The highest BCUT2D eigenvalue weighted by Crippen LogP contribution is 2.29. The maximum absolute atomic E-state index is 13.6. The van der Waals surface area contributed by atoms with Crippen molar-refractivity contribution in [3.63, 3.8) is 0 Å². The standard InChI is InChI=1S/C23H29FN6O/c1-3-28-13-4-14-29(16-15-28)22(19-7-9-20(24)10-8-19)23-25-26-27-30(23)17-18-5-11-21(31-2)12-6-18/h5-12,22H,3-4,13-17H2,1-2H3. The summed E-state index contributed by atoms with van der Waals surface area (Å²) in [6.07, 6.45) is 1.07. The van der Waals surface area contributed by atoms with Crippen LogP contribution < -0.4 is 4.74 Å². The van der Waals surface area contributed by atoms with Gasteiger partial charge in [0.2, 0.25) is 0 Å². The first-order chi connectivity index (χ1) is 15.2. The minimum atomic E-state index is -0.242. The Morgan fingerprint density at radius 1 is 1.00 bits per heavy atom. The van der Waals surface area contributed by atoms with Crippen molar-refractivity contribution < 1.29 is 9.13 Å². The number of hydrogen-bond donors (Lipinski definition) is 0. The summed E-state index contributed by atoms with van der Waals surface area (Å²) in [5, 5.41) is 12.7. The van der Waals surface area contributed by atoms with Crippen LogP contribution in [-0.2, 0) is 6.54 Å². The Hall–Kier alpha value is -2.84. The van der Waals surface area contributed by atoms with Crippen LogP contribution in [0, 0.1) is 5.82 Å². The van der Waals surface area contributed by atoms with Gasteiger partial charge in [0.25, 0.3) is 0 Å². The SMILES string of the molecule is CCN1CCCN(C(c2ccc(F)cc2)c2nnnn2Cc2ccc(OC)cc2)CC1. The van der Waals surface area contributed by atoms with Crippen molar-refractivity contribution in [2.24, 2.45) is 0 Å². The maximum Gasteiger partial charge on any atom is 0.173 e. The highest BCUT2D eigenvalue weighted by atomic mass is 19.1. The highest BCUT2D eigenvalue weighted by Gasteiger charge is 2.29. The van der Waals surface area contributed by atoms with Gasteiger partial charge in [-0.2, -0.15) is 0 Å². The molecule has 0 spiro atoms. The van der Waals surface area contributed by atoms with Gasteiger partial charge in [0, 0.05) is 19.6 Å². The van der Waals surface area contributed by atoms with Gasteiger partial charge in [-0.3, -0.25) is 4.90 Å². The molecule has 2 heterocycles. The van der Waals surface area contributed by atoms with E-state index in [4.69, 9.17) is 4.74 Å². The number of ether oxygens (including phenoxy) is 1. The van der Waals surface area contributed by atoms with Gasteiger partial charge in [-0.05, 0) is 65.3 Å². The van der Waals surface area contributed by atoms with E-state index in [9.17, 15) is 4.39 Å². The second kappa shape index (κ2) is 9.98. The van der Waals surface area contributed by atoms with Gasteiger partial charge in [-0.15, -0.1) is 5.10 Å². The van der Waals surface area contributed by atoms with E-state index in [-0.39, 0.29) is 11.9 Å². The van der Waals surface area contributed by atoms with Gasteiger partial charge in [0.1, 0.15) is 11.6 Å². The van der Waals surface area contributed by atoms with E-state index in [2.05, 4.69) is 32.2 Å². The first kappa shape index (κ1) is 21.4. The zero-order valence-electron chi connectivity index (χ0n) is 18.1. The summed E-state index contributed by atoms with van der Waals surface area (Å²) in [6.45, 7) is 7.72. The lowest BCUT2D eigenvalue weighted by atomic mass is 10.0. The number of likely N-dealkylation sites (N-methyl/N-ethyl adjacent to an activating group) is 1. The molecule has 0 saturated carbocycles. The summed E-state index contributed by atoms with van der Waals surface area (Å²) in [7, 11) is 1.66. The first-order valence-electron chi connectivity index (χ1n) is 10.8. The van der Waals surface area contributed by atoms with Crippen molar-refractivity contribution in [1.82, 2.24) is 30.0 Å². The average Bonchev–Trinajstić information content (AvgIpc) is 3.11. The van der Waals surface area contributed by atoms with Crippen LogP contribution in [0.2, 0.25) is 0 Å². The van der Waals surface area contributed by atoms with Crippen LogP contribution in [0.3, 0.4) is 0 Å². The molecule has 8 heteroatoms. The largest absolute Gasteiger partial charge is 0.497 e. The number of rotatable bonds is 7. The number of aromatic nitrogens is 4. The zero-order valence-corrected chi connectivity index (χ0v) is 18.1. The summed E-state index contributed by atoms with van der Waals surface area (Å²) >= 11 is 0. The molecule has 1 unspecified atom stereocenters. The van der Waals surface area contributed by atoms with Gasteiger partial charge >= 0.3 is 0 Å². The Bertz CT molecular complexity index is 959. The third-order valence-corrected chi connectivity index (χ3v) is 5.92. The molecule has 1 aliphatic heterocycles. The molecule has 1 aliphatic rings. The molecule has 7 nitrogen and oxygen atoms in total. The molecular formula is C23H29FN6O. The van der Waals surface area contributed by atoms with Gasteiger partial charge in [-0.25, -0.2) is 9.07 Å². The van der Waals surface area contributed by atoms with E-state index < -0.39 is 0 Å². The summed E-state index contributed by atoms with van der Waals surface area (Å²) in [5.41, 5.74) is 2.08. The fraction of sp³-hybridized carbons (Fsp3) is 0.435. The maximum atomic E-state index is 13.6. The van der Waals surface area contributed by atoms with Crippen molar-refractivity contribution in [2.45, 2.75) is 25.9 Å². The van der Waals surface area contributed by atoms with Crippen LogP contribution in [0.5, 0.6) is 5.75 Å². The summed E-state index contributed by atoms with van der Waals surface area (Å²) < 4.78 is 20.7. The molecule has 1 fully saturated rings. The Labute approximate surface area is 182 Å². The first-order valence-corrected chi connectivity index (χ1v) is 10.8. The lowest BCUT2D eigenvalue weighted by Gasteiger charge is -2.30. The van der Waals surface area contributed by atoms with Crippen LogP contribution >= 0.6 is 0 Å². The molecule has 0 amide bonds. The topological polar surface area (TPSA) is 59.3 Å². The van der Waals surface area contributed by atoms with Gasteiger partial charge in [-0.1, -0.05) is 31.2 Å². The van der Waals surface area contributed by atoms with Crippen molar-refractivity contribution in [3.8, 4) is 5.75 Å². The Morgan fingerprint density at radius 2 is 1.77 bits per heavy atom. The molecule has 1 saturated heterocycles. The molecule has 0 radical (unpaired) electrons. The highest BCUT2D eigenvalue weighted by molar-refractivity contribution is 5.28. The second-order valence-electron chi connectivity index (χ2n) is 7.82. The number of benzene rings is 2. The summed E-state index contributed by atoms with van der Waals surface area (Å²) in [6, 6.07) is 14.5. The predicted molar refractivity (Wildman–Crippen MR) is 116 cm³/mol. The average molecular weight is 425 g/mol. The lowest BCUT2D eigenvalue weighted by molar-refractivity contribution is 0.215. The van der Waals surface area contributed by atoms with Crippen molar-refractivity contribution in [2.75, 3.05) is 39.8 Å². The third-order valence-electron chi connectivity index (χ3n) is 5.92. The van der Waals surface area contributed by atoms with Crippen molar-refractivity contribution in [1.29, 1.82) is 0 Å². The van der Waals surface area contributed by atoms with Gasteiger partial charge in [0.05, 0.1) is 19.7 Å². The molecule has 0 aliphatic carbocycles. The summed E-state index contributed by atoms with van der Waals surface area (Å²) in [5.74, 6) is 1.34. The van der Waals surface area contributed by atoms with E-state index in [1.807, 2.05) is 41.1 Å². The lowest BCUT2D eigenvalue weighted by Crippen LogP contribution is -2.35. The molecule has 3 aromatic rings. The van der Waals surface area contributed by atoms with E-state index in [0.29, 0.717) is 6.54 Å². The molecule has 1 atom stereocenters. The fourth-order valence-electron chi connectivity index (χ4n) is 4.16. The predicted octanol–water partition coefficient (Wildman–Crippen LogP) is 2.99. The molecular weight excluding hydrogens is 395 g/mol. The molecule has 0 bridgehead atoms. The van der Waals surface area contributed by atoms with Crippen LogP contribution in [0.1, 0.15) is 36.3 Å². The molecule has 2 aromatic carbocycles. The minimum Gasteiger partial charge on any atom is -0.497 e. The van der Waals surface area contributed by atoms with Crippen LogP contribution in [0.15, 0.2) is 48.5 Å². The zero-order chi connectivity index (χ0) is 21.6. The Balaban J connectivity index is 1.65. The number of tetrazole rings is 1. The second-order valence-corrected chi connectivity index (χ2v) is 7.82. The van der Waals surface area contributed by atoms with E-state index in [1.165, 1.54) is 12.1 Å². The van der Waals surface area contributed by atoms with Gasteiger partial charge < -0.3 is 9.64 Å². The number of halogens is 1. The molecule has 4 rings (SSSR count). The Kier molecular flexibility index (Phi) is 6.89. The van der Waals surface area contributed by atoms with Crippen LogP contribution in [0.4, 0.5) is 4.39 Å². The smallest absolute Gasteiger partial charge is 0.173 e. The quantitative estimate of drug-likeness (QED) is 0.581. The minimum absolute atomic E-state index is 0.134. The van der Waals surface area contributed by atoms with Gasteiger partial charge in [0.15, 0.2) is 5.82 Å². The van der Waals surface area contributed by atoms with E-state index in [1.54, 1.807) is 7.11 Å². The normalized spacial score (nSPS) is 16.7. The Morgan fingerprint density at radius 3 is 2.48 bits per heavy atom. The fourth-order valence-corrected chi connectivity index (χ4v) is 4.16. The molecule has 164 valence electrons. The molecule has 1 aromatic heterocycles. The van der Waals surface area contributed by atoms with Crippen molar-refractivity contribution >= 4 is 0 Å². The van der Waals surface area contributed by atoms with E-state index in [0.717, 1.165) is 61.8 Å². The number of methoxy groups -OCH3 is 1. The van der Waals surface area contributed by atoms with Crippen molar-refractivity contribution in [3.05, 3.63) is 71.3 Å².